The summed E-state index contributed by atoms with van der Waals surface area (Å²) in [6.07, 6.45) is 1.58. The molecule has 3 aromatic carbocycles. The van der Waals surface area contributed by atoms with E-state index in [0.29, 0.717) is 12.2 Å². The fourth-order valence-electron chi connectivity index (χ4n) is 3.71. The van der Waals surface area contributed by atoms with Gasteiger partial charge >= 0.3 is 5.97 Å². The van der Waals surface area contributed by atoms with Crippen molar-refractivity contribution in [2.24, 2.45) is 0 Å². The second kappa shape index (κ2) is 8.00. The minimum absolute atomic E-state index is 0.330. The highest BCUT2D eigenvalue weighted by Crippen LogP contribution is 2.49. The predicted octanol–water partition coefficient (Wildman–Crippen LogP) is 5.48. The standard InChI is InChI=1S/C26H19NO2/c1-2-29-24(28)16-23-21-10-6-7-11-22(21)25(20-14-12-18(17-27)13-15-20)26(23)19-8-4-3-5-9-19/h3-16H,2H2,1H3/b23-16+. The Morgan fingerprint density at radius 1 is 0.862 bits per heavy atom. The van der Waals surface area contributed by atoms with Crippen molar-refractivity contribution in [2.45, 2.75) is 6.92 Å². The molecule has 3 heteroatoms. The SMILES string of the molecule is CCOC(=O)/C=C1/C(c2ccccc2)=C(c2ccc(C#N)cc2)c2ccccc21. The number of nitriles is 1. The fraction of sp³-hybridized carbons (Fsp3) is 0.0769. The first-order valence-electron chi connectivity index (χ1n) is 9.51. The lowest BCUT2D eigenvalue weighted by Gasteiger charge is -2.11. The van der Waals surface area contributed by atoms with Gasteiger partial charge < -0.3 is 4.74 Å². The van der Waals surface area contributed by atoms with E-state index in [9.17, 15) is 4.79 Å². The van der Waals surface area contributed by atoms with E-state index in [-0.39, 0.29) is 5.97 Å². The van der Waals surface area contributed by atoms with Gasteiger partial charge in [0.1, 0.15) is 0 Å². The van der Waals surface area contributed by atoms with Gasteiger partial charge in [-0.25, -0.2) is 4.79 Å². The van der Waals surface area contributed by atoms with Crippen LogP contribution in [0.15, 0.2) is 84.9 Å². The van der Waals surface area contributed by atoms with Crippen LogP contribution in [0.25, 0.3) is 16.7 Å². The van der Waals surface area contributed by atoms with Gasteiger partial charge in [-0.3, -0.25) is 0 Å². The number of rotatable bonds is 4. The highest BCUT2D eigenvalue weighted by atomic mass is 16.5. The number of allylic oxidation sites excluding steroid dienone is 2. The van der Waals surface area contributed by atoms with Crippen molar-refractivity contribution < 1.29 is 9.53 Å². The topological polar surface area (TPSA) is 50.1 Å². The van der Waals surface area contributed by atoms with Gasteiger partial charge in [-0.1, -0.05) is 66.7 Å². The Kier molecular flexibility index (Phi) is 5.09. The van der Waals surface area contributed by atoms with Crippen molar-refractivity contribution in [3.05, 3.63) is 113 Å². The van der Waals surface area contributed by atoms with Crippen LogP contribution >= 0.6 is 0 Å². The summed E-state index contributed by atoms with van der Waals surface area (Å²) in [6.45, 7) is 2.13. The highest BCUT2D eigenvalue weighted by Gasteiger charge is 2.28. The third kappa shape index (κ3) is 3.49. The molecule has 0 unspecified atom stereocenters. The predicted molar refractivity (Wildman–Crippen MR) is 115 cm³/mol. The molecule has 3 aromatic rings. The maximum absolute atomic E-state index is 12.4. The van der Waals surface area contributed by atoms with E-state index in [1.165, 1.54) is 0 Å². The summed E-state index contributed by atoms with van der Waals surface area (Å²) in [7, 11) is 0. The van der Waals surface area contributed by atoms with E-state index >= 15 is 0 Å². The molecule has 0 aromatic heterocycles. The summed E-state index contributed by atoms with van der Waals surface area (Å²) in [5.41, 5.74) is 7.59. The lowest BCUT2D eigenvalue weighted by atomic mass is 9.92. The van der Waals surface area contributed by atoms with Crippen molar-refractivity contribution in [1.29, 1.82) is 5.26 Å². The van der Waals surface area contributed by atoms with Crippen LogP contribution in [0.1, 0.15) is 34.7 Å². The molecule has 0 radical (unpaired) electrons. The smallest absolute Gasteiger partial charge is 0.331 e. The average Bonchev–Trinajstić information content (AvgIpc) is 3.09. The van der Waals surface area contributed by atoms with Crippen molar-refractivity contribution >= 4 is 22.7 Å². The van der Waals surface area contributed by atoms with Crippen molar-refractivity contribution in [3.8, 4) is 6.07 Å². The number of carbonyl (C=O) groups is 1. The molecule has 29 heavy (non-hydrogen) atoms. The normalized spacial score (nSPS) is 13.9. The third-order valence-corrected chi connectivity index (χ3v) is 4.92. The van der Waals surface area contributed by atoms with Crippen LogP contribution in [0.4, 0.5) is 0 Å². The maximum atomic E-state index is 12.4. The van der Waals surface area contributed by atoms with Gasteiger partial charge in [0.25, 0.3) is 0 Å². The first-order valence-corrected chi connectivity index (χ1v) is 9.51. The third-order valence-electron chi connectivity index (χ3n) is 4.92. The number of ether oxygens (including phenoxy) is 1. The van der Waals surface area contributed by atoms with Gasteiger partial charge in [0.15, 0.2) is 0 Å². The number of hydrogen-bond donors (Lipinski definition) is 0. The molecule has 3 nitrogen and oxygen atoms in total. The molecule has 0 amide bonds. The Morgan fingerprint density at radius 3 is 2.14 bits per heavy atom. The zero-order valence-electron chi connectivity index (χ0n) is 16.1. The molecule has 0 saturated carbocycles. The number of fused-ring (bicyclic) bond motifs is 1. The van der Waals surface area contributed by atoms with Crippen LogP contribution in [0.3, 0.4) is 0 Å². The molecular formula is C26H19NO2. The summed E-state index contributed by atoms with van der Waals surface area (Å²) in [5, 5.41) is 9.15. The molecule has 0 N–H and O–H groups in total. The van der Waals surface area contributed by atoms with Gasteiger partial charge in [-0.05, 0) is 58.0 Å². The maximum Gasteiger partial charge on any atom is 0.331 e. The first kappa shape index (κ1) is 18.5. The second-order valence-electron chi connectivity index (χ2n) is 6.66. The molecule has 0 bridgehead atoms. The molecule has 0 aliphatic heterocycles. The Balaban J connectivity index is 2.01. The molecule has 0 spiro atoms. The molecular weight excluding hydrogens is 358 g/mol. The van der Waals surface area contributed by atoms with E-state index < -0.39 is 0 Å². The van der Waals surface area contributed by atoms with E-state index in [4.69, 9.17) is 10.00 Å². The largest absolute Gasteiger partial charge is 0.463 e. The Bertz CT molecular complexity index is 1160. The van der Waals surface area contributed by atoms with Crippen LogP contribution in [0.5, 0.6) is 0 Å². The molecule has 0 atom stereocenters. The zero-order valence-corrected chi connectivity index (χ0v) is 16.1. The van der Waals surface area contributed by atoms with Gasteiger partial charge in [-0.2, -0.15) is 5.26 Å². The quantitative estimate of drug-likeness (QED) is 0.447. The highest BCUT2D eigenvalue weighted by molar-refractivity contribution is 6.26. The zero-order chi connectivity index (χ0) is 20.2. The Labute approximate surface area is 170 Å². The minimum atomic E-state index is -0.355. The second-order valence-corrected chi connectivity index (χ2v) is 6.66. The summed E-state index contributed by atoms with van der Waals surface area (Å²) >= 11 is 0. The van der Waals surface area contributed by atoms with Crippen LogP contribution < -0.4 is 0 Å². The molecule has 0 saturated heterocycles. The van der Waals surface area contributed by atoms with Gasteiger partial charge in [-0.15, -0.1) is 0 Å². The van der Waals surface area contributed by atoms with Gasteiger partial charge in [0.2, 0.25) is 0 Å². The molecule has 0 fully saturated rings. The number of carbonyl (C=O) groups excluding carboxylic acids is 1. The van der Waals surface area contributed by atoms with E-state index in [0.717, 1.165) is 39.0 Å². The van der Waals surface area contributed by atoms with Crippen LogP contribution in [-0.4, -0.2) is 12.6 Å². The van der Waals surface area contributed by atoms with Crippen molar-refractivity contribution in [2.75, 3.05) is 6.61 Å². The summed E-state index contributed by atoms with van der Waals surface area (Å²) in [6, 6.07) is 27.8. The minimum Gasteiger partial charge on any atom is -0.463 e. The molecule has 1 aliphatic rings. The first-order chi connectivity index (χ1) is 14.2. The lowest BCUT2D eigenvalue weighted by molar-refractivity contribution is -0.137. The number of hydrogen-bond acceptors (Lipinski definition) is 3. The van der Waals surface area contributed by atoms with E-state index in [1.54, 1.807) is 13.0 Å². The number of nitrogens with zero attached hydrogens (tertiary/aromatic N) is 1. The lowest BCUT2D eigenvalue weighted by Crippen LogP contribution is -2.01. The number of benzene rings is 3. The van der Waals surface area contributed by atoms with Gasteiger partial charge in [0.05, 0.1) is 18.2 Å². The summed E-state index contributed by atoms with van der Waals surface area (Å²) in [4.78, 5) is 12.4. The molecule has 1 aliphatic carbocycles. The molecule has 140 valence electrons. The average molecular weight is 377 g/mol. The fourth-order valence-corrected chi connectivity index (χ4v) is 3.71. The van der Waals surface area contributed by atoms with Crippen LogP contribution in [0.2, 0.25) is 0 Å². The van der Waals surface area contributed by atoms with E-state index in [2.05, 4.69) is 12.1 Å². The van der Waals surface area contributed by atoms with Crippen molar-refractivity contribution in [1.82, 2.24) is 0 Å². The summed E-state index contributed by atoms with van der Waals surface area (Å²) < 4.78 is 5.20. The molecule has 0 heterocycles. The Hall–Kier alpha value is -3.90. The molecule has 4 rings (SSSR count). The van der Waals surface area contributed by atoms with Crippen LogP contribution in [-0.2, 0) is 9.53 Å². The van der Waals surface area contributed by atoms with Crippen molar-refractivity contribution in [3.63, 3.8) is 0 Å². The Morgan fingerprint density at radius 2 is 1.48 bits per heavy atom. The summed E-state index contributed by atoms with van der Waals surface area (Å²) in [5.74, 6) is -0.355. The van der Waals surface area contributed by atoms with Gasteiger partial charge in [0, 0.05) is 6.08 Å². The monoisotopic (exact) mass is 377 g/mol. The van der Waals surface area contributed by atoms with E-state index in [1.807, 2.05) is 72.8 Å². The number of esters is 1. The van der Waals surface area contributed by atoms with Crippen LogP contribution in [0, 0.1) is 11.3 Å².